The van der Waals surface area contributed by atoms with Crippen molar-refractivity contribution in [1.82, 2.24) is 0 Å². The molecule has 4 fully saturated rings. The summed E-state index contributed by atoms with van der Waals surface area (Å²) in [4.78, 5) is 0. The summed E-state index contributed by atoms with van der Waals surface area (Å²) in [5.41, 5.74) is 1.83. The SMILES string of the molecule is OC1CC2CCCCC2C1C(CC1CCCCC1)C1=CC2CCCCC2C1. The molecule has 5 aliphatic rings. The molecule has 5 aliphatic carbocycles. The Balaban J connectivity index is 1.39. The third-order valence-corrected chi connectivity index (χ3v) is 9.60. The number of rotatable bonds is 4. The molecule has 152 valence electrons. The average molecular weight is 371 g/mol. The van der Waals surface area contributed by atoms with Crippen molar-refractivity contribution in [3.8, 4) is 0 Å². The van der Waals surface area contributed by atoms with Gasteiger partial charge in [0.15, 0.2) is 0 Å². The molecule has 0 spiro atoms. The van der Waals surface area contributed by atoms with E-state index in [-0.39, 0.29) is 6.10 Å². The van der Waals surface area contributed by atoms with Crippen LogP contribution in [0, 0.1) is 41.4 Å². The minimum atomic E-state index is -0.00443. The maximum Gasteiger partial charge on any atom is 0.0579 e. The molecule has 7 atom stereocenters. The van der Waals surface area contributed by atoms with E-state index in [1.54, 1.807) is 0 Å². The van der Waals surface area contributed by atoms with Gasteiger partial charge in [-0.05, 0) is 80.0 Å². The molecule has 0 radical (unpaired) electrons. The Morgan fingerprint density at radius 1 is 0.815 bits per heavy atom. The average Bonchev–Trinajstić information content (AvgIpc) is 3.27. The fourth-order valence-corrected chi connectivity index (χ4v) is 8.32. The van der Waals surface area contributed by atoms with Crippen LogP contribution in [0.1, 0.15) is 103 Å². The Morgan fingerprint density at radius 3 is 2.33 bits per heavy atom. The first-order valence-electron chi connectivity index (χ1n) is 12.7. The van der Waals surface area contributed by atoms with E-state index in [9.17, 15) is 5.11 Å². The maximum absolute atomic E-state index is 11.2. The zero-order valence-corrected chi connectivity index (χ0v) is 17.5. The van der Waals surface area contributed by atoms with Gasteiger partial charge < -0.3 is 5.11 Å². The molecule has 0 bridgehead atoms. The van der Waals surface area contributed by atoms with Crippen LogP contribution in [0.3, 0.4) is 0 Å². The minimum Gasteiger partial charge on any atom is -0.393 e. The first kappa shape index (κ1) is 18.7. The van der Waals surface area contributed by atoms with E-state index >= 15 is 0 Å². The highest BCUT2D eigenvalue weighted by atomic mass is 16.3. The number of aliphatic hydroxyl groups is 1. The summed E-state index contributed by atoms with van der Waals surface area (Å²) < 4.78 is 0. The largest absolute Gasteiger partial charge is 0.393 e. The van der Waals surface area contributed by atoms with Gasteiger partial charge in [-0.15, -0.1) is 0 Å². The van der Waals surface area contributed by atoms with Gasteiger partial charge in [-0.25, -0.2) is 0 Å². The number of hydrogen-bond acceptors (Lipinski definition) is 1. The molecule has 0 saturated heterocycles. The first-order valence-corrected chi connectivity index (χ1v) is 12.7. The molecule has 0 heterocycles. The van der Waals surface area contributed by atoms with Gasteiger partial charge in [-0.2, -0.15) is 0 Å². The normalized spacial score (nSPS) is 43.8. The van der Waals surface area contributed by atoms with Gasteiger partial charge in [0, 0.05) is 0 Å². The highest BCUT2D eigenvalue weighted by molar-refractivity contribution is 5.20. The highest BCUT2D eigenvalue weighted by Crippen LogP contribution is 2.55. The Labute approximate surface area is 167 Å². The van der Waals surface area contributed by atoms with Crippen LogP contribution < -0.4 is 0 Å². The lowest BCUT2D eigenvalue weighted by Gasteiger charge is -2.38. The van der Waals surface area contributed by atoms with Crippen LogP contribution in [0.4, 0.5) is 0 Å². The summed E-state index contributed by atoms with van der Waals surface area (Å²) >= 11 is 0. The van der Waals surface area contributed by atoms with Crippen molar-refractivity contribution in [1.29, 1.82) is 0 Å². The molecule has 0 aromatic rings. The van der Waals surface area contributed by atoms with E-state index in [1.165, 1.54) is 96.3 Å². The second kappa shape index (κ2) is 8.21. The van der Waals surface area contributed by atoms with Crippen molar-refractivity contribution in [2.24, 2.45) is 41.4 Å². The van der Waals surface area contributed by atoms with E-state index in [4.69, 9.17) is 0 Å². The van der Waals surface area contributed by atoms with E-state index in [1.807, 2.05) is 5.57 Å². The first-order chi connectivity index (χ1) is 13.3. The van der Waals surface area contributed by atoms with Gasteiger partial charge in [-0.3, -0.25) is 0 Å². The number of allylic oxidation sites excluding steroid dienone is 2. The van der Waals surface area contributed by atoms with Crippen LogP contribution in [0.5, 0.6) is 0 Å². The molecule has 0 aromatic heterocycles. The highest BCUT2D eigenvalue weighted by Gasteiger charge is 2.48. The smallest absolute Gasteiger partial charge is 0.0579 e. The molecule has 1 heteroatoms. The van der Waals surface area contributed by atoms with Crippen LogP contribution in [-0.2, 0) is 0 Å². The molecule has 1 nitrogen and oxygen atoms in total. The summed E-state index contributed by atoms with van der Waals surface area (Å²) in [6, 6.07) is 0. The van der Waals surface area contributed by atoms with Gasteiger partial charge in [0.1, 0.15) is 0 Å². The fraction of sp³-hybridized carbons (Fsp3) is 0.923. The van der Waals surface area contributed by atoms with Crippen molar-refractivity contribution in [2.75, 3.05) is 0 Å². The monoisotopic (exact) mass is 370 g/mol. The van der Waals surface area contributed by atoms with Gasteiger partial charge >= 0.3 is 0 Å². The lowest BCUT2D eigenvalue weighted by Crippen LogP contribution is -2.32. The summed E-state index contributed by atoms with van der Waals surface area (Å²) in [5.74, 6) is 5.81. The van der Waals surface area contributed by atoms with Crippen LogP contribution in [-0.4, -0.2) is 11.2 Å². The zero-order valence-electron chi connectivity index (χ0n) is 17.5. The molecular formula is C26H42O. The Morgan fingerprint density at radius 2 is 1.52 bits per heavy atom. The van der Waals surface area contributed by atoms with Crippen LogP contribution >= 0.6 is 0 Å². The maximum atomic E-state index is 11.2. The van der Waals surface area contributed by atoms with Crippen LogP contribution in [0.25, 0.3) is 0 Å². The number of fused-ring (bicyclic) bond motifs is 2. The zero-order chi connectivity index (χ0) is 18.2. The Bertz CT molecular complexity index is 530. The molecule has 5 rings (SSSR count). The second-order valence-corrected chi connectivity index (χ2v) is 11.1. The van der Waals surface area contributed by atoms with Gasteiger partial charge in [0.25, 0.3) is 0 Å². The lowest BCUT2D eigenvalue weighted by molar-refractivity contribution is 0.0697. The molecule has 0 aliphatic heterocycles. The quantitative estimate of drug-likeness (QED) is 0.534. The molecule has 0 amide bonds. The Hall–Kier alpha value is -0.300. The van der Waals surface area contributed by atoms with Gasteiger partial charge in [-0.1, -0.05) is 75.9 Å². The summed E-state index contributed by atoms with van der Waals surface area (Å²) in [6.45, 7) is 0. The van der Waals surface area contributed by atoms with E-state index in [2.05, 4.69) is 6.08 Å². The van der Waals surface area contributed by atoms with Gasteiger partial charge in [0.05, 0.1) is 6.10 Å². The van der Waals surface area contributed by atoms with Crippen LogP contribution in [0.2, 0.25) is 0 Å². The third-order valence-electron chi connectivity index (χ3n) is 9.60. The Kier molecular flexibility index (Phi) is 5.69. The molecule has 27 heavy (non-hydrogen) atoms. The van der Waals surface area contributed by atoms with Crippen LogP contribution in [0.15, 0.2) is 11.6 Å². The molecular weight excluding hydrogens is 328 g/mol. The van der Waals surface area contributed by atoms with Crippen molar-refractivity contribution >= 4 is 0 Å². The van der Waals surface area contributed by atoms with Crippen molar-refractivity contribution in [2.45, 2.75) is 109 Å². The van der Waals surface area contributed by atoms with E-state index in [0.717, 1.165) is 41.9 Å². The van der Waals surface area contributed by atoms with Crippen molar-refractivity contribution in [3.63, 3.8) is 0 Å². The van der Waals surface area contributed by atoms with Crippen molar-refractivity contribution < 1.29 is 5.11 Å². The lowest BCUT2D eigenvalue weighted by atomic mass is 9.68. The summed E-state index contributed by atoms with van der Waals surface area (Å²) in [6.07, 6.45) is 25.5. The molecule has 7 unspecified atom stereocenters. The minimum absolute atomic E-state index is 0.00443. The molecule has 0 aromatic carbocycles. The number of hydrogen-bond donors (Lipinski definition) is 1. The summed E-state index contributed by atoms with van der Waals surface area (Å²) in [7, 11) is 0. The predicted molar refractivity (Wildman–Crippen MR) is 112 cm³/mol. The molecule has 4 saturated carbocycles. The van der Waals surface area contributed by atoms with E-state index < -0.39 is 0 Å². The topological polar surface area (TPSA) is 20.2 Å². The van der Waals surface area contributed by atoms with Crippen molar-refractivity contribution in [3.05, 3.63) is 11.6 Å². The second-order valence-electron chi connectivity index (χ2n) is 11.1. The standard InChI is InChI=1S/C26H42O/c27-25-17-21-12-6-7-13-23(21)26(25)24(14-18-8-2-1-3-9-18)22-15-19-10-4-5-11-20(19)16-22/h15,18-21,23-27H,1-14,16-17H2. The van der Waals surface area contributed by atoms with Gasteiger partial charge in [0.2, 0.25) is 0 Å². The molecule has 1 N–H and O–H groups in total. The number of aliphatic hydroxyl groups excluding tert-OH is 1. The predicted octanol–water partition coefficient (Wildman–Crippen LogP) is 6.90. The fourth-order valence-electron chi connectivity index (χ4n) is 8.32. The van der Waals surface area contributed by atoms with E-state index in [0.29, 0.717) is 5.92 Å². The summed E-state index contributed by atoms with van der Waals surface area (Å²) in [5, 5.41) is 11.2. The third kappa shape index (κ3) is 3.79.